The molecule has 0 radical (unpaired) electrons. The number of hydrogen-bond acceptors (Lipinski definition) is 1. The summed E-state index contributed by atoms with van der Waals surface area (Å²) in [4.78, 5) is 12.4. The Morgan fingerprint density at radius 3 is 1.94 bits per heavy atom. The minimum absolute atomic E-state index is 0.0683. The zero-order chi connectivity index (χ0) is 13.3. The lowest BCUT2D eigenvalue weighted by molar-refractivity contribution is 0.103. The van der Waals surface area contributed by atoms with Gasteiger partial charge in [0.25, 0.3) is 0 Å². The number of benzene rings is 2. The van der Waals surface area contributed by atoms with Crippen LogP contribution in [0, 0.1) is 20.8 Å². The highest BCUT2D eigenvalue weighted by atomic mass is 79.9. The molecule has 0 saturated carbocycles. The third kappa shape index (κ3) is 2.54. The summed E-state index contributed by atoms with van der Waals surface area (Å²) in [5.74, 6) is 0.0683. The Labute approximate surface area is 116 Å². The molecule has 2 aromatic rings. The molecule has 0 aromatic heterocycles. The van der Waals surface area contributed by atoms with Crippen molar-refractivity contribution in [1.82, 2.24) is 0 Å². The fraction of sp³-hybridized carbons (Fsp3) is 0.188. The summed E-state index contributed by atoms with van der Waals surface area (Å²) >= 11 is 3.46. The van der Waals surface area contributed by atoms with Gasteiger partial charge in [-0.25, -0.2) is 0 Å². The van der Waals surface area contributed by atoms with Gasteiger partial charge in [0, 0.05) is 15.6 Å². The maximum atomic E-state index is 12.4. The van der Waals surface area contributed by atoms with E-state index >= 15 is 0 Å². The molecule has 0 N–H and O–H groups in total. The molecular formula is C16H15BrO. The highest BCUT2D eigenvalue weighted by molar-refractivity contribution is 9.10. The second kappa shape index (κ2) is 5.07. The first-order chi connectivity index (χ1) is 8.49. The van der Waals surface area contributed by atoms with E-state index in [-0.39, 0.29) is 5.78 Å². The molecule has 2 aromatic carbocycles. The normalized spacial score (nSPS) is 10.4. The zero-order valence-corrected chi connectivity index (χ0v) is 12.3. The molecule has 0 aliphatic heterocycles. The van der Waals surface area contributed by atoms with Crippen LogP contribution in [0.4, 0.5) is 0 Å². The SMILES string of the molecule is Cc1ccc(C(=O)c2ccc(C)c(Br)c2)cc1C. The van der Waals surface area contributed by atoms with Gasteiger partial charge in [-0.3, -0.25) is 4.79 Å². The smallest absolute Gasteiger partial charge is 0.193 e. The summed E-state index contributed by atoms with van der Waals surface area (Å²) in [7, 11) is 0. The van der Waals surface area contributed by atoms with E-state index in [1.165, 1.54) is 5.56 Å². The fourth-order valence-electron chi connectivity index (χ4n) is 1.78. The molecule has 0 aliphatic carbocycles. The molecule has 2 heteroatoms. The topological polar surface area (TPSA) is 17.1 Å². The summed E-state index contributed by atoms with van der Waals surface area (Å²) in [6.45, 7) is 6.08. The van der Waals surface area contributed by atoms with E-state index in [2.05, 4.69) is 15.9 Å². The van der Waals surface area contributed by atoms with Gasteiger partial charge in [-0.2, -0.15) is 0 Å². The van der Waals surface area contributed by atoms with Gasteiger partial charge in [0.1, 0.15) is 0 Å². The summed E-state index contributed by atoms with van der Waals surface area (Å²) in [5, 5.41) is 0. The molecular weight excluding hydrogens is 288 g/mol. The van der Waals surface area contributed by atoms with Crippen molar-refractivity contribution in [2.75, 3.05) is 0 Å². The Morgan fingerprint density at radius 2 is 1.39 bits per heavy atom. The quantitative estimate of drug-likeness (QED) is 0.741. The predicted molar refractivity (Wildman–Crippen MR) is 78.2 cm³/mol. The molecule has 0 fully saturated rings. The monoisotopic (exact) mass is 302 g/mol. The van der Waals surface area contributed by atoms with Crippen LogP contribution in [0.1, 0.15) is 32.6 Å². The first kappa shape index (κ1) is 13.0. The lowest BCUT2D eigenvalue weighted by Gasteiger charge is -2.06. The number of hydrogen-bond donors (Lipinski definition) is 0. The summed E-state index contributed by atoms with van der Waals surface area (Å²) in [6, 6.07) is 11.5. The molecule has 18 heavy (non-hydrogen) atoms. The number of ketones is 1. The van der Waals surface area contributed by atoms with Crippen molar-refractivity contribution in [2.45, 2.75) is 20.8 Å². The van der Waals surface area contributed by atoms with Gasteiger partial charge < -0.3 is 0 Å². The predicted octanol–water partition coefficient (Wildman–Crippen LogP) is 4.61. The molecule has 0 bridgehead atoms. The number of carbonyl (C=O) groups excluding carboxylic acids is 1. The number of rotatable bonds is 2. The molecule has 0 atom stereocenters. The second-order valence-electron chi connectivity index (χ2n) is 4.59. The minimum Gasteiger partial charge on any atom is -0.289 e. The fourth-order valence-corrected chi connectivity index (χ4v) is 2.16. The highest BCUT2D eigenvalue weighted by Gasteiger charge is 2.10. The first-order valence-corrected chi connectivity index (χ1v) is 6.66. The van der Waals surface area contributed by atoms with Crippen LogP contribution in [0.3, 0.4) is 0 Å². The van der Waals surface area contributed by atoms with E-state index in [9.17, 15) is 4.79 Å². The Balaban J connectivity index is 2.41. The Bertz CT molecular complexity index is 561. The Morgan fingerprint density at radius 1 is 0.833 bits per heavy atom. The van der Waals surface area contributed by atoms with E-state index in [0.717, 1.165) is 26.7 Å². The van der Waals surface area contributed by atoms with Crippen LogP contribution < -0.4 is 0 Å². The summed E-state index contributed by atoms with van der Waals surface area (Å²) in [5.41, 5.74) is 4.94. The third-order valence-electron chi connectivity index (χ3n) is 3.20. The molecule has 0 amide bonds. The Hall–Kier alpha value is -1.41. The van der Waals surface area contributed by atoms with E-state index < -0.39 is 0 Å². The third-order valence-corrected chi connectivity index (χ3v) is 4.06. The van der Waals surface area contributed by atoms with Crippen molar-refractivity contribution in [3.8, 4) is 0 Å². The lowest BCUT2D eigenvalue weighted by Crippen LogP contribution is -2.02. The van der Waals surface area contributed by atoms with Gasteiger partial charge in [0.2, 0.25) is 0 Å². The van der Waals surface area contributed by atoms with Crippen molar-refractivity contribution in [2.24, 2.45) is 0 Å². The van der Waals surface area contributed by atoms with Crippen molar-refractivity contribution in [3.05, 3.63) is 68.7 Å². The van der Waals surface area contributed by atoms with Crippen LogP contribution in [0.25, 0.3) is 0 Å². The molecule has 92 valence electrons. The van der Waals surface area contributed by atoms with Crippen LogP contribution in [0.5, 0.6) is 0 Å². The van der Waals surface area contributed by atoms with Gasteiger partial charge in [0.05, 0.1) is 0 Å². The van der Waals surface area contributed by atoms with E-state index in [1.807, 2.05) is 57.2 Å². The van der Waals surface area contributed by atoms with E-state index in [4.69, 9.17) is 0 Å². The number of halogens is 1. The zero-order valence-electron chi connectivity index (χ0n) is 10.8. The molecule has 2 rings (SSSR count). The standard InChI is InChI=1S/C16H15BrO/c1-10-4-6-13(8-12(10)3)16(18)14-7-5-11(2)15(17)9-14/h4-9H,1-3H3. The van der Waals surface area contributed by atoms with E-state index in [0.29, 0.717) is 0 Å². The van der Waals surface area contributed by atoms with E-state index in [1.54, 1.807) is 0 Å². The van der Waals surface area contributed by atoms with Crippen molar-refractivity contribution in [3.63, 3.8) is 0 Å². The number of aryl methyl sites for hydroxylation is 3. The van der Waals surface area contributed by atoms with Gasteiger partial charge in [-0.05, 0) is 49.6 Å². The average molecular weight is 303 g/mol. The van der Waals surface area contributed by atoms with Crippen molar-refractivity contribution < 1.29 is 4.79 Å². The van der Waals surface area contributed by atoms with Gasteiger partial charge in [0.15, 0.2) is 5.78 Å². The van der Waals surface area contributed by atoms with Crippen molar-refractivity contribution >= 4 is 21.7 Å². The van der Waals surface area contributed by atoms with Crippen LogP contribution in [-0.2, 0) is 0 Å². The molecule has 0 saturated heterocycles. The van der Waals surface area contributed by atoms with Crippen LogP contribution in [0.2, 0.25) is 0 Å². The Kier molecular flexibility index (Phi) is 3.67. The maximum Gasteiger partial charge on any atom is 0.193 e. The van der Waals surface area contributed by atoms with Crippen LogP contribution in [0.15, 0.2) is 40.9 Å². The molecule has 0 aliphatic rings. The minimum atomic E-state index is 0.0683. The molecule has 0 unspecified atom stereocenters. The maximum absolute atomic E-state index is 12.4. The van der Waals surface area contributed by atoms with Gasteiger partial charge in [-0.1, -0.05) is 40.2 Å². The largest absolute Gasteiger partial charge is 0.289 e. The molecule has 1 nitrogen and oxygen atoms in total. The first-order valence-electron chi connectivity index (χ1n) is 5.87. The van der Waals surface area contributed by atoms with Crippen molar-refractivity contribution in [1.29, 1.82) is 0 Å². The highest BCUT2D eigenvalue weighted by Crippen LogP contribution is 2.20. The molecule has 0 spiro atoms. The average Bonchev–Trinajstić information content (AvgIpc) is 2.35. The van der Waals surface area contributed by atoms with Crippen LogP contribution in [-0.4, -0.2) is 5.78 Å². The number of carbonyl (C=O) groups is 1. The van der Waals surface area contributed by atoms with Gasteiger partial charge >= 0.3 is 0 Å². The second-order valence-corrected chi connectivity index (χ2v) is 5.45. The van der Waals surface area contributed by atoms with Crippen LogP contribution >= 0.6 is 15.9 Å². The lowest BCUT2D eigenvalue weighted by atomic mass is 9.99. The van der Waals surface area contributed by atoms with Gasteiger partial charge in [-0.15, -0.1) is 0 Å². The molecule has 0 heterocycles. The summed E-state index contributed by atoms with van der Waals surface area (Å²) < 4.78 is 0.970. The summed E-state index contributed by atoms with van der Waals surface area (Å²) in [6.07, 6.45) is 0.